The Bertz CT molecular complexity index is 981. The molecule has 0 atom stereocenters. The normalized spacial score (nSPS) is 18.8. The number of aromatic nitrogens is 1. The van der Waals surface area contributed by atoms with Gasteiger partial charge in [-0.2, -0.15) is 0 Å². The first kappa shape index (κ1) is 17.8. The van der Waals surface area contributed by atoms with Gasteiger partial charge in [-0.1, -0.05) is 0 Å². The molecular formula is C17H19F2N5O3. The van der Waals surface area contributed by atoms with Gasteiger partial charge in [0.05, 0.1) is 10.9 Å². The number of fused-ring (bicyclic) bond motifs is 1. The minimum absolute atomic E-state index is 0.0751. The molecule has 1 aliphatic carbocycles. The maximum atomic E-state index is 15.3. The third-order valence-electron chi connectivity index (χ3n) is 4.96. The Balaban J connectivity index is 1.85. The second-order valence-corrected chi connectivity index (χ2v) is 6.89. The fraction of sp³-hybridized carbons (Fsp3) is 0.412. The number of nitrogens with zero attached hydrogens (tertiary/aromatic N) is 3. The molecule has 0 bridgehead atoms. The first-order valence-corrected chi connectivity index (χ1v) is 8.68. The summed E-state index contributed by atoms with van der Waals surface area (Å²) in [6.45, 7) is 2.03. The Morgan fingerprint density at radius 1 is 1.22 bits per heavy atom. The van der Waals surface area contributed by atoms with Crippen molar-refractivity contribution in [1.82, 2.24) is 14.6 Å². The minimum Gasteiger partial charge on any atom is -0.477 e. The maximum Gasteiger partial charge on any atom is 0.341 e. The predicted octanol–water partition coefficient (Wildman–Crippen LogP) is 1.13. The molecule has 10 heteroatoms. The molecule has 0 amide bonds. The lowest BCUT2D eigenvalue weighted by Gasteiger charge is -2.33. The maximum absolute atomic E-state index is 15.3. The smallest absolute Gasteiger partial charge is 0.341 e. The number of nitrogens with two attached hydrogens (primary N) is 1. The molecule has 4 N–H and O–H groups in total. The van der Waals surface area contributed by atoms with Crippen LogP contribution in [0.25, 0.3) is 10.9 Å². The first-order valence-electron chi connectivity index (χ1n) is 8.68. The van der Waals surface area contributed by atoms with Gasteiger partial charge in [0.15, 0.2) is 11.6 Å². The Labute approximate surface area is 152 Å². The van der Waals surface area contributed by atoms with E-state index < -0.39 is 28.6 Å². The van der Waals surface area contributed by atoms with E-state index in [0.29, 0.717) is 26.2 Å². The van der Waals surface area contributed by atoms with Crippen molar-refractivity contribution < 1.29 is 18.7 Å². The van der Waals surface area contributed by atoms with Crippen molar-refractivity contribution in [2.75, 3.05) is 31.6 Å². The molecule has 27 heavy (non-hydrogen) atoms. The molecular weight excluding hydrogens is 360 g/mol. The molecule has 2 heterocycles. The van der Waals surface area contributed by atoms with Crippen molar-refractivity contribution in [3.63, 3.8) is 0 Å². The molecule has 2 aromatic rings. The third-order valence-corrected chi connectivity index (χ3v) is 4.96. The molecule has 2 aliphatic rings. The summed E-state index contributed by atoms with van der Waals surface area (Å²) in [6, 6.07) is 0.813. The average molecular weight is 379 g/mol. The molecule has 2 fully saturated rings. The van der Waals surface area contributed by atoms with E-state index in [1.807, 2.05) is 0 Å². The van der Waals surface area contributed by atoms with Gasteiger partial charge in [0.1, 0.15) is 11.3 Å². The molecule has 0 unspecified atom stereocenters. The Hall–Kier alpha value is -2.56. The van der Waals surface area contributed by atoms with Crippen LogP contribution >= 0.6 is 0 Å². The lowest BCUT2D eigenvalue weighted by Crippen LogP contribution is -2.51. The molecule has 8 nitrogen and oxygen atoms in total. The predicted molar refractivity (Wildman–Crippen MR) is 94.3 cm³/mol. The molecule has 1 aromatic heterocycles. The lowest BCUT2D eigenvalue weighted by molar-refractivity contribution is 0.0695. The van der Waals surface area contributed by atoms with Gasteiger partial charge in [0, 0.05) is 38.4 Å². The molecule has 1 aliphatic heterocycles. The molecule has 1 saturated heterocycles. The van der Waals surface area contributed by atoms with Crippen molar-refractivity contribution in [1.29, 1.82) is 0 Å². The van der Waals surface area contributed by atoms with E-state index in [1.165, 1.54) is 4.57 Å². The zero-order chi connectivity index (χ0) is 19.3. The highest BCUT2D eigenvalue weighted by molar-refractivity contribution is 5.93. The van der Waals surface area contributed by atoms with Gasteiger partial charge in [-0.25, -0.2) is 23.6 Å². The number of carboxylic acids is 1. The van der Waals surface area contributed by atoms with Crippen LogP contribution in [0.5, 0.6) is 0 Å². The van der Waals surface area contributed by atoms with E-state index in [0.717, 1.165) is 25.1 Å². The van der Waals surface area contributed by atoms with Crippen molar-refractivity contribution >= 4 is 22.6 Å². The fourth-order valence-corrected chi connectivity index (χ4v) is 3.33. The van der Waals surface area contributed by atoms with Crippen molar-refractivity contribution in [2.24, 2.45) is 5.84 Å². The summed E-state index contributed by atoms with van der Waals surface area (Å²) >= 11 is 0. The number of carboxylic acid groups (broad SMARTS) is 1. The summed E-state index contributed by atoms with van der Waals surface area (Å²) in [5.41, 5.74) is 0.926. The third kappa shape index (κ3) is 3.15. The van der Waals surface area contributed by atoms with Gasteiger partial charge < -0.3 is 15.1 Å². The largest absolute Gasteiger partial charge is 0.477 e. The molecule has 1 saturated carbocycles. The van der Waals surface area contributed by atoms with Crippen molar-refractivity contribution in [3.8, 4) is 0 Å². The zero-order valence-electron chi connectivity index (χ0n) is 14.4. The minimum atomic E-state index is -1.42. The van der Waals surface area contributed by atoms with E-state index in [9.17, 15) is 19.1 Å². The number of anilines is 1. The van der Waals surface area contributed by atoms with Gasteiger partial charge in [-0.15, -0.1) is 0 Å². The van der Waals surface area contributed by atoms with Crippen LogP contribution in [0.2, 0.25) is 0 Å². The van der Waals surface area contributed by atoms with Crippen LogP contribution < -0.4 is 16.7 Å². The summed E-state index contributed by atoms with van der Waals surface area (Å²) in [5, 5.41) is 12.2. The lowest BCUT2D eigenvalue weighted by atomic mass is 10.1. The quantitative estimate of drug-likeness (QED) is 0.684. The SMILES string of the molecule is NN1CCN(Nc2c(F)cc3c(=O)c(C(=O)O)cn(C4CC4)c3c2F)CC1. The molecule has 0 radical (unpaired) electrons. The first-order chi connectivity index (χ1) is 12.9. The zero-order valence-corrected chi connectivity index (χ0v) is 14.4. The topological polar surface area (TPSA) is 104 Å². The van der Waals surface area contributed by atoms with Gasteiger partial charge in [-0.3, -0.25) is 10.6 Å². The Morgan fingerprint density at radius 2 is 1.89 bits per heavy atom. The number of nitrogens with one attached hydrogen (secondary N) is 1. The van der Waals surface area contributed by atoms with Gasteiger partial charge in [-0.05, 0) is 18.9 Å². The number of piperazine rings is 1. The van der Waals surface area contributed by atoms with Crippen molar-refractivity contribution in [2.45, 2.75) is 18.9 Å². The number of halogens is 2. The monoisotopic (exact) mass is 379 g/mol. The Morgan fingerprint density at radius 3 is 2.48 bits per heavy atom. The highest BCUT2D eigenvalue weighted by Gasteiger charge is 2.30. The van der Waals surface area contributed by atoms with Gasteiger partial charge in [0.25, 0.3) is 0 Å². The molecule has 144 valence electrons. The van der Waals surface area contributed by atoms with Crippen LogP contribution in [0.4, 0.5) is 14.5 Å². The number of benzene rings is 1. The van der Waals surface area contributed by atoms with Crippen LogP contribution in [-0.2, 0) is 0 Å². The fourth-order valence-electron chi connectivity index (χ4n) is 3.33. The number of hydrazine groups is 2. The number of carbonyl (C=O) groups is 1. The highest BCUT2D eigenvalue weighted by atomic mass is 19.1. The Kier molecular flexibility index (Phi) is 4.33. The van der Waals surface area contributed by atoms with E-state index >= 15 is 4.39 Å². The second kappa shape index (κ2) is 6.55. The van der Waals surface area contributed by atoms with Crippen LogP contribution in [0.1, 0.15) is 29.2 Å². The van der Waals surface area contributed by atoms with Crippen LogP contribution in [0.15, 0.2) is 17.1 Å². The van der Waals surface area contributed by atoms with Crippen LogP contribution in [0.3, 0.4) is 0 Å². The summed E-state index contributed by atoms with van der Waals surface area (Å²) in [7, 11) is 0. The summed E-state index contributed by atoms with van der Waals surface area (Å²) in [6.07, 6.45) is 2.65. The standard InChI is InChI=1S/C17H19F2N5O3/c18-12-7-10-15(13(19)14(12)21-23-5-3-22(20)4-6-23)24(9-1-2-9)8-11(16(10)25)17(26)27/h7-9,21H,1-6,20H2,(H,26,27). The average Bonchev–Trinajstić information content (AvgIpc) is 3.46. The number of hydrogen-bond donors (Lipinski definition) is 3. The molecule has 0 spiro atoms. The van der Waals surface area contributed by atoms with Gasteiger partial charge in [0.2, 0.25) is 5.43 Å². The van der Waals surface area contributed by atoms with Crippen LogP contribution in [0, 0.1) is 11.6 Å². The number of aromatic carboxylic acids is 1. The second-order valence-electron chi connectivity index (χ2n) is 6.89. The molecule has 1 aromatic carbocycles. The summed E-state index contributed by atoms with van der Waals surface area (Å²) in [5.74, 6) is 2.42. The van der Waals surface area contributed by atoms with E-state index in [-0.39, 0.29) is 22.6 Å². The molecule has 4 rings (SSSR count). The van der Waals surface area contributed by atoms with E-state index in [2.05, 4.69) is 5.43 Å². The highest BCUT2D eigenvalue weighted by Crippen LogP contribution is 2.39. The summed E-state index contributed by atoms with van der Waals surface area (Å²) < 4.78 is 31.3. The number of hydrogen-bond acceptors (Lipinski definition) is 6. The van der Waals surface area contributed by atoms with Crippen LogP contribution in [-0.4, -0.2) is 51.8 Å². The van der Waals surface area contributed by atoms with E-state index in [4.69, 9.17) is 5.84 Å². The van der Waals surface area contributed by atoms with E-state index in [1.54, 1.807) is 10.0 Å². The number of rotatable bonds is 4. The number of pyridine rings is 1. The van der Waals surface area contributed by atoms with Crippen molar-refractivity contribution in [3.05, 3.63) is 39.7 Å². The van der Waals surface area contributed by atoms with Gasteiger partial charge >= 0.3 is 5.97 Å². The summed E-state index contributed by atoms with van der Waals surface area (Å²) in [4.78, 5) is 23.8.